The van der Waals surface area contributed by atoms with Gasteiger partial charge in [-0.15, -0.1) is 0 Å². The maximum atomic E-state index is 4.57. The van der Waals surface area contributed by atoms with E-state index in [4.69, 9.17) is 0 Å². The number of aromatic nitrogens is 2. The quantitative estimate of drug-likeness (QED) is 0.485. The van der Waals surface area contributed by atoms with E-state index < -0.39 is 0 Å². The van der Waals surface area contributed by atoms with Crippen molar-refractivity contribution in [2.45, 2.75) is 0 Å². The Morgan fingerprint density at radius 1 is 0.800 bits per heavy atom. The van der Waals surface area contributed by atoms with E-state index in [1.54, 1.807) is 0 Å². The molecular formula is C17H11BrN2. The van der Waals surface area contributed by atoms with Crippen molar-refractivity contribution in [3.8, 4) is 5.69 Å². The molecule has 0 fully saturated rings. The average Bonchev–Trinajstić information content (AvgIpc) is 2.83. The first-order valence-corrected chi connectivity index (χ1v) is 7.24. The molecule has 0 aliphatic rings. The minimum Gasteiger partial charge on any atom is -0.294 e. The Balaban J connectivity index is 2.17. The molecule has 96 valence electrons. The lowest BCUT2D eigenvalue weighted by Crippen LogP contribution is -1.94. The number of hydrogen-bond acceptors (Lipinski definition) is 1. The minimum absolute atomic E-state index is 0.996. The van der Waals surface area contributed by atoms with E-state index in [0.29, 0.717) is 0 Å². The van der Waals surface area contributed by atoms with Crippen LogP contribution in [0.5, 0.6) is 0 Å². The third kappa shape index (κ3) is 1.67. The van der Waals surface area contributed by atoms with Crippen LogP contribution >= 0.6 is 15.9 Å². The molecule has 0 saturated carbocycles. The average molecular weight is 323 g/mol. The van der Waals surface area contributed by atoms with Crippen molar-refractivity contribution < 1.29 is 0 Å². The second-order valence-corrected chi connectivity index (χ2v) is 5.62. The summed E-state index contributed by atoms with van der Waals surface area (Å²) in [6, 6.07) is 20.8. The van der Waals surface area contributed by atoms with E-state index in [9.17, 15) is 0 Å². The Bertz CT molecular complexity index is 854. The summed E-state index contributed by atoms with van der Waals surface area (Å²) < 4.78 is 3.28. The molecule has 0 amide bonds. The third-order valence-corrected chi connectivity index (χ3v) is 4.05. The molecule has 2 aromatic heterocycles. The molecule has 0 saturated heterocycles. The van der Waals surface area contributed by atoms with Crippen LogP contribution in [0.3, 0.4) is 0 Å². The number of benzene rings is 2. The van der Waals surface area contributed by atoms with Crippen LogP contribution in [0.15, 0.2) is 71.3 Å². The summed E-state index contributed by atoms with van der Waals surface area (Å²) in [5.41, 5.74) is 3.30. The predicted octanol–water partition coefficient (Wildman–Crippen LogP) is 4.94. The first kappa shape index (κ1) is 11.7. The van der Waals surface area contributed by atoms with Crippen molar-refractivity contribution in [1.29, 1.82) is 0 Å². The van der Waals surface area contributed by atoms with Crippen molar-refractivity contribution in [1.82, 2.24) is 9.55 Å². The van der Waals surface area contributed by atoms with Crippen molar-refractivity contribution >= 4 is 37.9 Å². The van der Waals surface area contributed by atoms with E-state index in [0.717, 1.165) is 15.8 Å². The van der Waals surface area contributed by atoms with Gasteiger partial charge in [-0.25, -0.2) is 4.98 Å². The van der Waals surface area contributed by atoms with Crippen LogP contribution in [0.2, 0.25) is 0 Å². The number of halogens is 1. The summed E-state index contributed by atoms with van der Waals surface area (Å²) in [6.45, 7) is 0. The smallest absolute Gasteiger partial charge is 0.145 e. The molecule has 0 bridgehead atoms. The second kappa shape index (κ2) is 4.46. The zero-order valence-electron chi connectivity index (χ0n) is 10.6. The van der Waals surface area contributed by atoms with Gasteiger partial charge in [-0.3, -0.25) is 4.57 Å². The first-order chi connectivity index (χ1) is 9.84. The van der Waals surface area contributed by atoms with Crippen LogP contribution in [0.4, 0.5) is 0 Å². The standard InChI is InChI=1S/C17H11BrN2/c18-12-7-9-13(10-8-12)20-16-6-2-1-4-14(16)15-5-3-11-19-17(15)20/h1-11H. The molecule has 4 rings (SSSR count). The molecule has 0 atom stereocenters. The van der Waals surface area contributed by atoms with Crippen molar-refractivity contribution in [3.63, 3.8) is 0 Å². The van der Waals surface area contributed by atoms with Gasteiger partial charge in [0, 0.05) is 27.1 Å². The molecule has 0 aliphatic heterocycles. The molecule has 0 N–H and O–H groups in total. The fraction of sp³-hybridized carbons (Fsp3) is 0. The number of nitrogens with zero attached hydrogens (tertiary/aromatic N) is 2. The van der Waals surface area contributed by atoms with Crippen LogP contribution in [-0.4, -0.2) is 9.55 Å². The van der Waals surface area contributed by atoms with E-state index in [-0.39, 0.29) is 0 Å². The second-order valence-electron chi connectivity index (χ2n) is 4.70. The molecule has 2 aromatic carbocycles. The molecule has 3 heteroatoms. The van der Waals surface area contributed by atoms with E-state index in [1.165, 1.54) is 16.3 Å². The Kier molecular flexibility index (Phi) is 2.60. The van der Waals surface area contributed by atoms with Crippen LogP contribution in [0.1, 0.15) is 0 Å². The molecular weight excluding hydrogens is 312 g/mol. The van der Waals surface area contributed by atoms with E-state index in [2.05, 4.69) is 80.1 Å². The minimum atomic E-state index is 0.996. The molecule has 4 aromatic rings. The number of hydrogen-bond donors (Lipinski definition) is 0. The summed E-state index contributed by atoms with van der Waals surface area (Å²) in [7, 11) is 0. The highest BCUT2D eigenvalue weighted by Crippen LogP contribution is 2.30. The normalized spacial score (nSPS) is 11.2. The Hall–Kier alpha value is -2.13. The zero-order valence-corrected chi connectivity index (χ0v) is 12.2. The van der Waals surface area contributed by atoms with Gasteiger partial charge in [0.25, 0.3) is 0 Å². The lowest BCUT2D eigenvalue weighted by Gasteiger charge is -2.06. The SMILES string of the molecule is Brc1ccc(-n2c3ccccc3c3cccnc32)cc1. The molecule has 0 radical (unpaired) electrons. The highest BCUT2D eigenvalue weighted by molar-refractivity contribution is 9.10. The molecule has 2 heterocycles. The van der Waals surface area contributed by atoms with Gasteiger partial charge in [0.05, 0.1) is 5.52 Å². The Labute approximate surface area is 124 Å². The summed E-state index contributed by atoms with van der Waals surface area (Å²) in [5.74, 6) is 0. The van der Waals surface area contributed by atoms with Crippen molar-refractivity contribution in [2.24, 2.45) is 0 Å². The third-order valence-electron chi connectivity index (χ3n) is 3.52. The van der Waals surface area contributed by atoms with Gasteiger partial charge >= 0.3 is 0 Å². The summed E-state index contributed by atoms with van der Waals surface area (Å²) in [6.07, 6.45) is 1.84. The maximum Gasteiger partial charge on any atom is 0.145 e. The highest BCUT2D eigenvalue weighted by atomic mass is 79.9. The Morgan fingerprint density at radius 3 is 2.40 bits per heavy atom. The number of rotatable bonds is 1. The summed E-state index contributed by atoms with van der Waals surface area (Å²) >= 11 is 3.48. The maximum absolute atomic E-state index is 4.57. The monoisotopic (exact) mass is 322 g/mol. The number of pyridine rings is 1. The van der Waals surface area contributed by atoms with Gasteiger partial charge in [-0.05, 0) is 42.5 Å². The predicted molar refractivity (Wildman–Crippen MR) is 86.3 cm³/mol. The molecule has 0 unspecified atom stereocenters. The van der Waals surface area contributed by atoms with Gasteiger partial charge in [0.15, 0.2) is 0 Å². The number of fused-ring (bicyclic) bond motifs is 3. The summed E-state index contributed by atoms with van der Waals surface area (Å²) in [4.78, 5) is 4.57. The molecule has 2 nitrogen and oxygen atoms in total. The number of para-hydroxylation sites is 1. The molecule has 0 spiro atoms. The van der Waals surface area contributed by atoms with Crippen LogP contribution in [-0.2, 0) is 0 Å². The van der Waals surface area contributed by atoms with Gasteiger partial charge in [0.1, 0.15) is 5.65 Å². The van der Waals surface area contributed by atoms with Crippen LogP contribution in [0, 0.1) is 0 Å². The zero-order chi connectivity index (χ0) is 13.5. The fourth-order valence-corrected chi connectivity index (χ4v) is 2.91. The first-order valence-electron chi connectivity index (χ1n) is 6.45. The Morgan fingerprint density at radius 2 is 1.55 bits per heavy atom. The van der Waals surface area contributed by atoms with E-state index in [1.807, 2.05) is 12.3 Å². The van der Waals surface area contributed by atoms with Gasteiger partial charge in [-0.2, -0.15) is 0 Å². The van der Waals surface area contributed by atoms with E-state index >= 15 is 0 Å². The largest absolute Gasteiger partial charge is 0.294 e. The fourth-order valence-electron chi connectivity index (χ4n) is 2.65. The molecule has 0 aliphatic carbocycles. The van der Waals surface area contributed by atoms with Gasteiger partial charge in [0.2, 0.25) is 0 Å². The van der Waals surface area contributed by atoms with Crippen LogP contribution < -0.4 is 0 Å². The van der Waals surface area contributed by atoms with Crippen LogP contribution in [0.25, 0.3) is 27.6 Å². The lowest BCUT2D eigenvalue weighted by molar-refractivity contribution is 1.13. The van der Waals surface area contributed by atoms with Crippen molar-refractivity contribution in [2.75, 3.05) is 0 Å². The summed E-state index contributed by atoms with van der Waals surface area (Å²) in [5, 5.41) is 2.42. The molecule has 20 heavy (non-hydrogen) atoms. The van der Waals surface area contributed by atoms with Gasteiger partial charge in [-0.1, -0.05) is 34.1 Å². The van der Waals surface area contributed by atoms with Crippen molar-refractivity contribution in [3.05, 3.63) is 71.3 Å². The topological polar surface area (TPSA) is 17.8 Å². The highest BCUT2D eigenvalue weighted by Gasteiger charge is 2.11. The lowest BCUT2D eigenvalue weighted by atomic mass is 10.2. The van der Waals surface area contributed by atoms with Gasteiger partial charge < -0.3 is 0 Å².